The molecule has 0 N–H and O–H groups in total. The number of oxazole rings is 1. The second-order valence-corrected chi connectivity index (χ2v) is 5.43. The number of rotatable bonds is 2. The van der Waals surface area contributed by atoms with E-state index in [9.17, 15) is 9.65 Å². The van der Waals surface area contributed by atoms with E-state index in [1.54, 1.807) is 18.2 Å². The molecule has 1 aliphatic heterocycles. The number of nitriles is 1. The largest absolute Gasteiger partial charge is 0.419 e. The minimum Gasteiger partial charge on any atom is -0.419 e. The monoisotopic (exact) mass is 301 g/mol. The normalized spacial score (nSPS) is 21.6. The Labute approximate surface area is 127 Å². The molecule has 2 aromatic rings. The lowest BCUT2D eigenvalue weighted by Crippen LogP contribution is -2.45. The summed E-state index contributed by atoms with van der Waals surface area (Å²) in [4.78, 5) is 6.06. The summed E-state index contributed by atoms with van der Waals surface area (Å²) < 4.78 is 25.3. The van der Waals surface area contributed by atoms with Gasteiger partial charge >= 0.3 is 0 Å². The van der Waals surface area contributed by atoms with Crippen LogP contribution in [0.3, 0.4) is 0 Å². The number of ether oxygens (including phenoxy) is 1. The molecule has 1 fully saturated rings. The molecule has 1 aliphatic rings. The zero-order valence-electron chi connectivity index (χ0n) is 12.4. The first-order valence-corrected chi connectivity index (χ1v) is 7.14. The van der Waals surface area contributed by atoms with Crippen molar-refractivity contribution >= 4 is 5.88 Å². The van der Waals surface area contributed by atoms with E-state index >= 15 is 0 Å². The van der Waals surface area contributed by atoms with Gasteiger partial charge in [-0.25, -0.2) is 4.39 Å². The van der Waals surface area contributed by atoms with Gasteiger partial charge in [0.1, 0.15) is 11.9 Å². The molecule has 1 aromatic carbocycles. The van der Waals surface area contributed by atoms with Crippen LogP contribution in [0.1, 0.15) is 19.5 Å². The molecule has 5 nitrogen and oxygen atoms in total. The minimum atomic E-state index is -0.427. The third-order valence-corrected chi connectivity index (χ3v) is 3.53. The second-order valence-electron chi connectivity index (χ2n) is 5.43. The van der Waals surface area contributed by atoms with Crippen LogP contribution < -0.4 is 4.90 Å². The third kappa shape index (κ3) is 2.68. The van der Waals surface area contributed by atoms with Gasteiger partial charge in [0.05, 0.1) is 17.8 Å². The number of aromatic nitrogens is 1. The number of benzene rings is 1. The number of anilines is 1. The molecular weight excluding hydrogens is 285 g/mol. The van der Waals surface area contributed by atoms with Gasteiger partial charge in [-0.15, -0.1) is 0 Å². The molecule has 0 unspecified atom stereocenters. The van der Waals surface area contributed by atoms with E-state index in [1.807, 2.05) is 24.8 Å². The Morgan fingerprint density at radius 2 is 1.95 bits per heavy atom. The minimum absolute atomic E-state index is 0.0253. The second kappa shape index (κ2) is 5.78. The van der Waals surface area contributed by atoms with Crippen LogP contribution >= 0.6 is 0 Å². The maximum Gasteiger partial charge on any atom is 0.235 e. The van der Waals surface area contributed by atoms with Crippen molar-refractivity contribution in [3.63, 3.8) is 0 Å². The van der Waals surface area contributed by atoms with Gasteiger partial charge in [0, 0.05) is 13.1 Å². The summed E-state index contributed by atoms with van der Waals surface area (Å²) >= 11 is 0. The van der Waals surface area contributed by atoms with Crippen molar-refractivity contribution in [1.29, 1.82) is 5.26 Å². The first-order valence-electron chi connectivity index (χ1n) is 7.14. The van der Waals surface area contributed by atoms with Gasteiger partial charge < -0.3 is 14.1 Å². The first-order chi connectivity index (χ1) is 10.6. The average molecular weight is 301 g/mol. The highest BCUT2D eigenvalue weighted by Crippen LogP contribution is 2.31. The van der Waals surface area contributed by atoms with Crippen LogP contribution in [-0.4, -0.2) is 30.3 Å². The summed E-state index contributed by atoms with van der Waals surface area (Å²) in [5.41, 5.74) is 0.416. The van der Waals surface area contributed by atoms with Crippen LogP contribution in [0, 0.1) is 17.1 Å². The fourth-order valence-electron chi connectivity index (χ4n) is 2.69. The lowest BCUT2D eigenvalue weighted by molar-refractivity contribution is -0.00638. The maximum atomic E-state index is 13.9. The number of morpholine rings is 1. The van der Waals surface area contributed by atoms with Gasteiger partial charge in [-0.3, -0.25) is 0 Å². The van der Waals surface area contributed by atoms with Crippen molar-refractivity contribution in [2.45, 2.75) is 26.1 Å². The quantitative estimate of drug-likeness (QED) is 0.853. The molecule has 22 heavy (non-hydrogen) atoms. The molecular formula is C16H16FN3O2. The van der Waals surface area contributed by atoms with Crippen LogP contribution in [0.5, 0.6) is 0 Å². The molecule has 2 heterocycles. The summed E-state index contributed by atoms with van der Waals surface area (Å²) in [5, 5.41) is 9.29. The number of hydrogen-bond donors (Lipinski definition) is 0. The van der Waals surface area contributed by atoms with E-state index < -0.39 is 5.82 Å². The highest BCUT2D eigenvalue weighted by atomic mass is 19.1. The smallest absolute Gasteiger partial charge is 0.235 e. The van der Waals surface area contributed by atoms with Crippen molar-refractivity contribution in [3.05, 3.63) is 35.8 Å². The highest BCUT2D eigenvalue weighted by Gasteiger charge is 2.28. The Morgan fingerprint density at radius 1 is 1.27 bits per heavy atom. The van der Waals surface area contributed by atoms with Gasteiger partial charge in [-0.2, -0.15) is 10.2 Å². The van der Waals surface area contributed by atoms with Crippen molar-refractivity contribution < 1.29 is 13.5 Å². The summed E-state index contributed by atoms with van der Waals surface area (Å²) in [7, 11) is 0. The molecule has 1 aromatic heterocycles. The zero-order chi connectivity index (χ0) is 15.7. The number of nitrogens with zero attached hydrogens (tertiary/aromatic N) is 3. The Bertz CT molecular complexity index is 712. The Hall–Kier alpha value is -2.39. The van der Waals surface area contributed by atoms with E-state index in [0.717, 1.165) is 0 Å². The van der Waals surface area contributed by atoms with Crippen molar-refractivity contribution in [1.82, 2.24) is 4.98 Å². The molecule has 1 saturated heterocycles. The SMILES string of the molecule is C[C@@H]1CN(c2oc(-c3ccccc3F)nc2C#N)C[C@@H](C)O1. The molecule has 114 valence electrons. The summed E-state index contributed by atoms with van der Waals surface area (Å²) in [6.45, 7) is 5.13. The Kier molecular flexibility index (Phi) is 3.82. The Balaban J connectivity index is 1.99. The molecule has 3 rings (SSSR count). The zero-order valence-corrected chi connectivity index (χ0v) is 12.4. The molecule has 0 amide bonds. The van der Waals surface area contributed by atoms with Crippen LogP contribution in [0.2, 0.25) is 0 Å². The maximum absolute atomic E-state index is 13.9. The van der Waals surface area contributed by atoms with Gasteiger partial charge in [-0.1, -0.05) is 12.1 Å². The third-order valence-electron chi connectivity index (χ3n) is 3.53. The molecule has 0 spiro atoms. The van der Waals surface area contributed by atoms with E-state index in [-0.39, 0.29) is 29.4 Å². The average Bonchev–Trinajstić information content (AvgIpc) is 2.91. The van der Waals surface area contributed by atoms with Crippen molar-refractivity contribution in [2.24, 2.45) is 0 Å². The van der Waals surface area contributed by atoms with E-state index in [4.69, 9.17) is 9.15 Å². The van der Waals surface area contributed by atoms with Gasteiger partial charge in [-0.05, 0) is 26.0 Å². The van der Waals surface area contributed by atoms with Crippen LogP contribution in [0.25, 0.3) is 11.5 Å². The molecule has 0 bridgehead atoms. The van der Waals surface area contributed by atoms with Gasteiger partial charge in [0.15, 0.2) is 0 Å². The predicted molar refractivity (Wildman–Crippen MR) is 78.8 cm³/mol. The Morgan fingerprint density at radius 3 is 2.59 bits per heavy atom. The fraction of sp³-hybridized carbons (Fsp3) is 0.375. The summed E-state index contributed by atoms with van der Waals surface area (Å²) in [6, 6.07) is 8.24. The van der Waals surface area contributed by atoms with Crippen molar-refractivity contribution in [2.75, 3.05) is 18.0 Å². The number of hydrogen-bond acceptors (Lipinski definition) is 5. The number of halogens is 1. The molecule has 2 atom stereocenters. The highest BCUT2D eigenvalue weighted by molar-refractivity contribution is 5.60. The molecule has 0 radical (unpaired) electrons. The topological polar surface area (TPSA) is 62.3 Å². The first kappa shape index (κ1) is 14.5. The summed E-state index contributed by atoms with van der Waals surface area (Å²) in [5.74, 6) is 0.0719. The molecule has 0 saturated carbocycles. The molecule has 6 heteroatoms. The van der Waals surface area contributed by atoms with Gasteiger partial charge in [0.25, 0.3) is 0 Å². The summed E-state index contributed by atoms with van der Waals surface area (Å²) in [6.07, 6.45) is 0.0506. The lowest BCUT2D eigenvalue weighted by Gasteiger charge is -2.34. The van der Waals surface area contributed by atoms with Crippen LogP contribution in [-0.2, 0) is 4.74 Å². The van der Waals surface area contributed by atoms with E-state index in [0.29, 0.717) is 19.0 Å². The fourth-order valence-corrected chi connectivity index (χ4v) is 2.69. The van der Waals surface area contributed by atoms with E-state index in [1.165, 1.54) is 6.07 Å². The van der Waals surface area contributed by atoms with Crippen LogP contribution in [0.4, 0.5) is 10.3 Å². The molecule has 0 aliphatic carbocycles. The lowest BCUT2D eigenvalue weighted by atomic mass is 10.2. The standard InChI is InChI=1S/C16H16FN3O2/c1-10-8-20(9-11(2)21-10)16-14(7-18)19-15(22-16)12-5-3-4-6-13(12)17/h3-6,10-11H,8-9H2,1-2H3/t10-,11-/m1/s1. The van der Waals surface area contributed by atoms with Crippen LogP contribution in [0.15, 0.2) is 28.7 Å². The van der Waals surface area contributed by atoms with Crippen molar-refractivity contribution in [3.8, 4) is 17.5 Å². The predicted octanol–water partition coefficient (Wildman–Crippen LogP) is 2.97. The van der Waals surface area contributed by atoms with E-state index in [2.05, 4.69) is 4.98 Å². The van der Waals surface area contributed by atoms with Gasteiger partial charge in [0.2, 0.25) is 17.5 Å².